The Labute approximate surface area is 118 Å². The van der Waals surface area contributed by atoms with Gasteiger partial charge in [-0.25, -0.2) is 0 Å². The van der Waals surface area contributed by atoms with E-state index in [0.717, 1.165) is 0 Å². The summed E-state index contributed by atoms with van der Waals surface area (Å²) in [6.07, 6.45) is 1.14. The molecule has 5 nitrogen and oxygen atoms in total. The molecule has 90 valence electrons. The van der Waals surface area contributed by atoms with Gasteiger partial charge in [-0.05, 0) is 33.1 Å². The molecule has 2 fully saturated rings. The van der Waals surface area contributed by atoms with Gasteiger partial charge in [-0.3, -0.25) is 4.55 Å². The zero-order valence-electron chi connectivity index (χ0n) is 8.89. The molecule has 0 radical (unpaired) electrons. The summed E-state index contributed by atoms with van der Waals surface area (Å²) in [7, 11) is -3.95. The van der Waals surface area contributed by atoms with Crippen molar-refractivity contribution >= 4 is 39.7 Å². The van der Waals surface area contributed by atoms with Gasteiger partial charge in [-0.2, -0.15) is 8.42 Å². The maximum absolute atomic E-state index is 11.1. The summed E-state index contributed by atoms with van der Waals surface area (Å²) in [6, 6.07) is 0. The summed E-state index contributed by atoms with van der Waals surface area (Å²) >= 11 is 0. The molecule has 1 saturated carbocycles. The first-order valence-electron chi connectivity index (χ1n) is 5.03. The molecular weight excluding hydrogens is 243 g/mol. The van der Waals surface area contributed by atoms with Gasteiger partial charge in [-0.15, -0.1) is 0 Å². The van der Waals surface area contributed by atoms with Crippen LogP contribution in [0.4, 0.5) is 0 Å². The Hall–Kier alpha value is 0.830. The molecule has 1 aliphatic heterocycles. The van der Waals surface area contributed by atoms with Crippen LogP contribution in [-0.4, -0.2) is 65.8 Å². The van der Waals surface area contributed by atoms with Crippen molar-refractivity contribution in [2.45, 2.75) is 49.7 Å². The average molecular weight is 260 g/mol. The molecule has 1 aliphatic carbocycles. The van der Waals surface area contributed by atoms with Crippen molar-refractivity contribution in [2.24, 2.45) is 0 Å². The molecule has 2 aliphatic rings. The Balaban J connectivity index is 0.00000128. The van der Waals surface area contributed by atoms with Crippen LogP contribution >= 0.6 is 0 Å². The number of rotatable bonds is 3. The van der Waals surface area contributed by atoms with Crippen LogP contribution in [0, 0.1) is 0 Å². The van der Waals surface area contributed by atoms with Gasteiger partial charge < -0.3 is 9.47 Å². The average Bonchev–Trinajstić information content (AvgIpc) is 2.73. The van der Waals surface area contributed by atoms with Gasteiger partial charge in [0.25, 0.3) is 10.1 Å². The number of ether oxygens (including phenoxy) is 2. The molecule has 1 N–H and O–H groups in total. The Kier molecular flexibility index (Phi) is 4.18. The van der Waals surface area contributed by atoms with Gasteiger partial charge >= 0.3 is 29.6 Å². The van der Waals surface area contributed by atoms with Crippen LogP contribution in [0.3, 0.4) is 0 Å². The van der Waals surface area contributed by atoms with E-state index < -0.39 is 20.7 Å². The Morgan fingerprint density at radius 3 is 2.25 bits per heavy atom. The van der Waals surface area contributed by atoms with E-state index in [0.29, 0.717) is 25.9 Å². The fourth-order valence-electron chi connectivity index (χ4n) is 1.99. The van der Waals surface area contributed by atoms with E-state index in [1.807, 2.05) is 0 Å². The van der Waals surface area contributed by atoms with Crippen molar-refractivity contribution in [1.82, 2.24) is 0 Å². The van der Waals surface area contributed by atoms with Crippen LogP contribution in [-0.2, 0) is 19.6 Å². The van der Waals surface area contributed by atoms with E-state index in [9.17, 15) is 8.42 Å². The van der Waals surface area contributed by atoms with E-state index in [-0.39, 0.29) is 35.7 Å². The second-order valence-corrected chi connectivity index (χ2v) is 6.63. The molecule has 1 heterocycles. The zero-order chi connectivity index (χ0) is 11.3. The first kappa shape index (κ1) is 14.9. The van der Waals surface area contributed by atoms with E-state index in [4.69, 9.17) is 14.0 Å². The molecule has 0 spiro atoms. The van der Waals surface area contributed by atoms with Gasteiger partial charge in [0.15, 0.2) is 5.79 Å². The summed E-state index contributed by atoms with van der Waals surface area (Å²) in [5.41, 5.74) is 0. The Bertz CT molecular complexity index is 360. The minimum absolute atomic E-state index is 0. The molecule has 0 aromatic carbocycles. The molecule has 2 rings (SSSR count). The molecule has 0 amide bonds. The Morgan fingerprint density at radius 1 is 1.38 bits per heavy atom. The van der Waals surface area contributed by atoms with E-state index in [1.165, 1.54) is 0 Å². The number of hydrogen-bond donors (Lipinski definition) is 1. The second kappa shape index (κ2) is 4.50. The first-order valence-corrected chi connectivity index (χ1v) is 6.47. The standard InChI is InChI=1S/C9H16O5S.Na.H/c1-8(2)13-6-7(14-8)5-9(3-4-9)15(10,11)12;;/h7H,3-6H2,1-2H3,(H,10,11,12);;. The van der Waals surface area contributed by atoms with Crippen molar-refractivity contribution < 1.29 is 22.4 Å². The quantitative estimate of drug-likeness (QED) is 0.583. The number of hydrogen-bond acceptors (Lipinski definition) is 4. The summed E-state index contributed by atoms with van der Waals surface area (Å²) in [5, 5.41) is 0. The van der Waals surface area contributed by atoms with Crippen LogP contribution in [0.5, 0.6) is 0 Å². The van der Waals surface area contributed by atoms with Crippen LogP contribution in [0.1, 0.15) is 33.1 Å². The van der Waals surface area contributed by atoms with Crippen LogP contribution in [0.2, 0.25) is 0 Å². The topological polar surface area (TPSA) is 72.8 Å². The third-order valence-corrected chi connectivity index (χ3v) is 4.69. The summed E-state index contributed by atoms with van der Waals surface area (Å²) in [5.74, 6) is -0.639. The van der Waals surface area contributed by atoms with Crippen molar-refractivity contribution in [2.75, 3.05) is 6.61 Å². The molecule has 1 atom stereocenters. The molecular formula is C9H17NaO5S. The van der Waals surface area contributed by atoms with Crippen molar-refractivity contribution in [1.29, 1.82) is 0 Å². The van der Waals surface area contributed by atoms with Gasteiger partial charge in [0.2, 0.25) is 0 Å². The normalized spacial score (nSPS) is 30.8. The van der Waals surface area contributed by atoms with Crippen molar-refractivity contribution in [3.8, 4) is 0 Å². The van der Waals surface area contributed by atoms with Gasteiger partial charge in [0.05, 0.1) is 12.7 Å². The predicted octanol–water partition coefficient (Wildman–Crippen LogP) is 0.300. The van der Waals surface area contributed by atoms with Gasteiger partial charge in [0.1, 0.15) is 4.75 Å². The fourth-order valence-corrected chi connectivity index (χ4v) is 3.00. The third-order valence-electron chi connectivity index (χ3n) is 3.02. The first-order chi connectivity index (χ1) is 6.74. The summed E-state index contributed by atoms with van der Waals surface area (Å²) < 4.78 is 41.2. The van der Waals surface area contributed by atoms with E-state index in [2.05, 4.69) is 0 Å². The fraction of sp³-hybridized carbons (Fsp3) is 1.00. The van der Waals surface area contributed by atoms with Gasteiger partial charge in [-0.1, -0.05) is 0 Å². The predicted molar refractivity (Wildman–Crippen MR) is 60.2 cm³/mol. The zero-order valence-corrected chi connectivity index (χ0v) is 9.71. The third kappa shape index (κ3) is 2.98. The molecule has 1 saturated heterocycles. The van der Waals surface area contributed by atoms with Gasteiger partial charge in [0, 0.05) is 0 Å². The van der Waals surface area contributed by atoms with Crippen molar-refractivity contribution in [3.05, 3.63) is 0 Å². The molecule has 1 unspecified atom stereocenters. The van der Waals surface area contributed by atoms with Crippen LogP contribution in [0.25, 0.3) is 0 Å². The molecule has 16 heavy (non-hydrogen) atoms. The molecule has 0 aromatic heterocycles. The second-order valence-electron chi connectivity index (χ2n) is 4.81. The van der Waals surface area contributed by atoms with E-state index >= 15 is 0 Å². The van der Waals surface area contributed by atoms with Crippen LogP contribution < -0.4 is 0 Å². The van der Waals surface area contributed by atoms with Crippen LogP contribution in [0.15, 0.2) is 0 Å². The maximum atomic E-state index is 11.1. The SMILES string of the molecule is CC1(C)OCC(CC2(S(=O)(=O)O)CC2)O1.[NaH]. The molecule has 7 heteroatoms. The van der Waals surface area contributed by atoms with E-state index in [1.54, 1.807) is 13.8 Å². The Morgan fingerprint density at radius 2 is 1.94 bits per heavy atom. The van der Waals surface area contributed by atoms with Crippen molar-refractivity contribution in [3.63, 3.8) is 0 Å². The summed E-state index contributed by atoms with van der Waals surface area (Å²) in [6.45, 7) is 3.98. The molecule has 0 aromatic rings. The minimum atomic E-state index is -3.95. The monoisotopic (exact) mass is 260 g/mol. The summed E-state index contributed by atoms with van der Waals surface area (Å²) in [4.78, 5) is 0. The molecule has 0 bridgehead atoms.